The number of aliphatic hydroxyl groups excluding tert-OH is 6. The number of ether oxygens (including phenoxy) is 1. The number of methoxy groups -OCH3 is 1. The van der Waals surface area contributed by atoms with Gasteiger partial charge in [0.15, 0.2) is 11.6 Å². The lowest BCUT2D eigenvalue weighted by atomic mass is 9.90. The first-order valence-corrected chi connectivity index (χ1v) is 9.77. The van der Waals surface area contributed by atoms with Crippen molar-refractivity contribution in [3.63, 3.8) is 0 Å². The summed E-state index contributed by atoms with van der Waals surface area (Å²) in [7, 11) is 1.21. The zero-order valence-corrected chi connectivity index (χ0v) is 17.4. The van der Waals surface area contributed by atoms with Gasteiger partial charge in [0, 0.05) is 17.4 Å². The number of hydrogen-bond acceptors (Lipinski definition) is 7. The Morgan fingerprint density at radius 3 is 2.10 bits per heavy atom. The van der Waals surface area contributed by atoms with Crippen molar-refractivity contribution in [3.8, 4) is 5.75 Å². The van der Waals surface area contributed by atoms with Crippen LogP contribution in [0.25, 0.3) is 0 Å². The van der Waals surface area contributed by atoms with Crippen molar-refractivity contribution in [2.24, 2.45) is 5.92 Å². The lowest BCUT2D eigenvalue weighted by Crippen LogP contribution is -2.46. The Kier molecular flexibility index (Phi) is 9.14. The Morgan fingerprint density at radius 1 is 0.871 bits per heavy atom. The SMILES string of the molecule is COc1ccc(Cc2cc(C(O)C(O)C(O)C(O)C(CO)CO)ccc2Cl)c(F)c1F. The lowest BCUT2D eigenvalue weighted by Gasteiger charge is -2.30. The van der Waals surface area contributed by atoms with Crippen molar-refractivity contribution in [2.45, 2.75) is 30.8 Å². The first kappa shape index (κ1) is 25.4. The lowest BCUT2D eigenvalue weighted by molar-refractivity contribution is -0.129. The van der Waals surface area contributed by atoms with Crippen LogP contribution >= 0.6 is 11.6 Å². The van der Waals surface area contributed by atoms with E-state index in [2.05, 4.69) is 0 Å². The Bertz CT molecular complexity index is 879. The topological polar surface area (TPSA) is 131 Å². The molecule has 0 aliphatic rings. The molecule has 10 heteroatoms. The minimum atomic E-state index is -1.88. The molecule has 0 aromatic heterocycles. The van der Waals surface area contributed by atoms with Crippen LogP contribution in [0, 0.1) is 17.6 Å². The molecule has 0 aliphatic carbocycles. The zero-order chi connectivity index (χ0) is 23.3. The maximum absolute atomic E-state index is 14.3. The van der Waals surface area contributed by atoms with E-state index in [0.717, 1.165) is 0 Å². The van der Waals surface area contributed by atoms with Crippen LogP contribution in [-0.2, 0) is 6.42 Å². The van der Waals surface area contributed by atoms with Gasteiger partial charge in [0.05, 0.1) is 26.4 Å². The van der Waals surface area contributed by atoms with Gasteiger partial charge >= 0.3 is 0 Å². The van der Waals surface area contributed by atoms with Crippen molar-refractivity contribution in [1.29, 1.82) is 0 Å². The molecule has 0 spiro atoms. The molecule has 0 bridgehead atoms. The standard InChI is InChI=1S/C21H25ClF2O7/c1-31-15-5-3-10(16(23)17(15)24)6-12-7-11(2-4-14(12)22)18(27)20(29)21(30)19(28)13(8-25)9-26/h2-5,7,13,18-21,25-30H,6,8-9H2,1H3. The van der Waals surface area contributed by atoms with Gasteiger partial charge in [0.2, 0.25) is 5.82 Å². The average molecular weight is 463 g/mol. The Balaban J connectivity index is 2.27. The summed E-state index contributed by atoms with van der Waals surface area (Å²) in [6.45, 7) is -1.29. The van der Waals surface area contributed by atoms with E-state index in [1.165, 1.54) is 37.4 Å². The maximum atomic E-state index is 14.3. The predicted octanol–water partition coefficient (Wildman–Crippen LogP) is 0.934. The van der Waals surface area contributed by atoms with Crippen molar-refractivity contribution in [3.05, 3.63) is 63.7 Å². The predicted molar refractivity (Wildman–Crippen MR) is 108 cm³/mol. The van der Waals surface area contributed by atoms with Crippen LogP contribution in [0.3, 0.4) is 0 Å². The minimum Gasteiger partial charge on any atom is -0.494 e. The summed E-state index contributed by atoms with van der Waals surface area (Å²) in [6.07, 6.45) is -7.28. The third-order valence-electron chi connectivity index (χ3n) is 5.11. The molecule has 7 nitrogen and oxygen atoms in total. The molecule has 4 unspecified atom stereocenters. The first-order chi connectivity index (χ1) is 14.7. The van der Waals surface area contributed by atoms with Crippen LogP contribution in [0.1, 0.15) is 22.8 Å². The van der Waals surface area contributed by atoms with Gasteiger partial charge in [-0.05, 0) is 28.8 Å². The minimum absolute atomic E-state index is 0.0171. The van der Waals surface area contributed by atoms with Gasteiger partial charge in [-0.15, -0.1) is 0 Å². The monoisotopic (exact) mass is 462 g/mol. The summed E-state index contributed by atoms with van der Waals surface area (Å²) in [5, 5.41) is 59.2. The van der Waals surface area contributed by atoms with Crippen LogP contribution in [0.15, 0.2) is 30.3 Å². The summed E-state index contributed by atoms with van der Waals surface area (Å²) in [5.74, 6) is -3.64. The molecule has 172 valence electrons. The van der Waals surface area contributed by atoms with Crippen molar-refractivity contribution < 1.29 is 44.2 Å². The van der Waals surface area contributed by atoms with Gasteiger partial charge in [-0.1, -0.05) is 29.8 Å². The second-order valence-corrected chi connectivity index (χ2v) is 7.53. The number of rotatable bonds is 10. The molecule has 0 saturated carbocycles. The van der Waals surface area contributed by atoms with Crippen LogP contribution in [-0.4, -0.2) is 69.3 Å². The first-order valence-electron chi connectivity index (χ1n) is 9.39. The third-order valence-corrected chi connectivity index (χ3v) is 5.48. The summed E-state index contributed by atoms with van der Waals surface area (Å²) in [5.41, 5.74) is 0.390. The van der Waals surface area contributed by atoms with E-state index in [9.17, 15) is 29.2 Å². The highest BCUT2D eigenvalue weighted by atomic mass is 35.5. The van der Waals surface area contributed by atoms with E-state index in [4.69, 9.17) is 26.6 Å². The summed E-state index contributed by atoms with van der Waals surface area (Å²) in [6, 6.07) is 6.69. The molecule has 0 amide bonds. The molecule has 0 saturated heterocycles. The third kappa shape index (κ3) is 5.69. The molecule has 6 N–H and O–H groups in total. The summed E-state index contributed by atoms with van der Waals surface area (Å²) < 4.78 is 33.0. The van der Waals surface area contributed by atoms with Gasteiger partial charge in [-0.3, -0.25) is 0 Å². The van der Waals surface area contributed by atoms with E-state index >= 15 is 0 Å². The highest BCUT2D eigenvalue weighted by Crippen LogP contribution is 2.30. The van der Waals surface area contributed by atoms with Crippen LogP contribution in [0.5, 0.6) is 5.75 Å². The summed E-state index contributed by atoms with van der Waals surface area (Å²) in [4.78, 5) is 0. The van der Waals surface area contributed by atoms with Crippen LogP contribution in [0.2, 0.25) is 5.02 Å². The number of halogens is 3. The van der Waals surface area contributed by atoms with Crippen molar-refractivity contribution >= 4 is 11.6 Å². The van der Waals surface area contributed by atoms with Gasteiger partial charge in [-0.25, -0.2) is 4.39 Å². The summed E-state index contributed by atoms with van der Waals surface area (Å²) >= 11 is 6.14. The highest BCUT2D eigenvalue weighted by Gasteiger charge is 2.35. The second-order valence-electron chi connectivity index (χ2n) is 7.12. The van der Waals surface area contributed by atoms with Crippen LogP contribution in [0.4, 0.5) is 8.78 Å². The van der Waals surface area contributed by atoms with Gasteiger partial charge in [0.25, 0.3) is 0 Å². The maximum Gasteiger partial charge on any atom is 0.200 e. The van der Waals surface area contributed by atoms with Crippen molar-refractivity contribution in [2.75, 3.05) is 20.3 Å². The molecule has 4 atom stereocenters. The van der Waals surface area contributed by atoms with Gasteiger partial charge < -0.3 is 35.4 Å². The molecule has 0 fully saturated rings. The fourth-order valence-corrected chi connectivity index (χ4v) is 3.31. The highest BCUT2D eigenvalue weighted by molar-refractivity contribution is 6.31. The molecule has 0 aliphatic heterocycles. The quantitative estimate of drug-likeness (QED) is 0.310. The molecular weight excluding hydrogens is 438 g/mol. The smallest absolute Gasteiger partial charge is 0.200 e. The van der Waals surface area contributed by atoms with E-state index in [1.54, 1.807) is 0 Å². The van der Waals surface area contributed by atoms with Gasteiger partial charge in [0.1, 0.15) is 18.3 Å². The van der Waals surface area contributed by atoms with Crippen molar-refractivity contribution in [1.82, 2.24) is 0 Å². The molecule has 2 rings (SSSR count). The number of hydrogen-bond donors (Lipinski definition) is 6. The molecule has 2 aromatic rings. The van der Waals surface area contributed by atoms with Crippen LogP contribution < -0.4 is 4.74 Å². The van der Waals surface area contributed by atoms with E-state index < -0.39 is 55.2 Å². The molecular formula is C21H25ClF2O7. The Morgan fingerprint density at radius 2 is 1.52 bits per heavy atom. The average Bonchev–Trinajstić information content (AvgIpc) is 2.77. The van der Waals surface area contributed by atoms with E-state index in [1.807, 2.05) is 0 Å². The normalized spacial score (nSPS) is 15.6. The largest absolute Gasteiger partial charge is 0.494 e. The molecule has 2 aromatic carbocycles. The Labute approximate surface area is 182 Å². The zero-order valence-electron chi connectivity index (χ0n) is 16.6. The molecule has 0 radical (unpaired) electrons. The molecule has 0 heterocycles. The fourth-order valence-electron chi connectivity index (χ4n) is 3.12. The second kappa shape index (κ2) is 11.1. The number of aliphatic hydroxyl groups is 6. The molecule has 31 heavy (non-hydrogen) atoms. The van der Waals surface area contributed by atoms with E-state index in [-0.39, 0.29) is 28.3 Å². The van der Waals surface area contributed by atoms with E-state index in [0.29, 0.717) is 5.56 Å². The van der Waals surface area contributed by atoms with Gasteiger partial charge in [-0.2, -0.15) is 4.39 Å². The fraction of sp³-hybridized carbons (Fsp3) is 0.429. The Hall–Kier alpha value is -1.85. The number of benzene rings is 2.